The molecule has 1 aliphatic heterocycles. The van der Waals surface area contributed by atoms with E-state index in [0.29, 0.717) is 28.3 Å². The van der Waals surface area contributed by atoms with Crippen LogP contribution in [0, 0.1) is 18.8 Å². The normalized spacial score (nSPS) is 24.3. The van der Waals surface area contributed by atoms with Gasteiger partial charge in [0, 0.05) is 0 Å². The van der Waals surface area contributed by atoms with E-state index >= 15 is 14.4 Å². The molecule has 2 fully saturated rings. The minimum absolute atomic E-state index is 0.163. The standard InChI is InChI=1S/C42H33NO5/c1-26-14-20-31(21-15-26)43-38(44)36-37(39(43)45)42(30-12-8-5-9-13-30)35(28-18-24-33(48-3)25-19-28)34(27-16-22-32(47-2)23-17-27)41(36,40(42)46)29-10-6-4-7-11-29/h4-25,36-37H,1-3H3/t36-,37-,41-,42-/m1/s1. The number of fused-ring (bicyclic) bond motifs is 5. The van der Waals surface area contributed by atoms with Gasteiger partial charge in [-0.2, -0.15) is 0 Å². The predicted molar refractivity (Wildman–Crippen MR) is 185 cm³/mol. The summed E-state index contributed by atoms with van der Waals surface area (Å²) in [6.07, 6.45) is 0. The van der Waals surface area contributed by atoms with E-state index in [0.717, 1.165) is 27.8 Å². The number of amides is 2. The highest BCUT2D eigenvalue weighted by atomic mass is 16.5. The number of carbonyl (C=O) groups is 3. The van der Waals surface area contributed by atoms with Crippen LogP contribution in [0.1, 0.15) is 27.8 Å². The number of ether oxygens (including phenoxy) is 2. The molecule has 5 aromatic carbocycles. The Labute approximate surface area is 279 Å². The van der Waals surface area contributed by atoms with Crippen molar-refractivity contribution in [2.75, 3.05) is 19.1 Å². The first-order valence-corrected chi connectivity index (χ1v) is 16.0. The average Bonchev–Trinajstić information content (AvgIpc) is 3.65. The molecule has 48 heavy (non-hydrogen) atoms. The number of methoxy groups -OCH3 is 2. The maximum absolute atomic E-state index is 16.0. The highest BCUT2D eigenvalue weighted by Crippen LogP contribution is 2.74. The Morgan fingerprint density at radius 1 is 0.521 bits per heavy atom. The van der Waals surface area contributed by atoms with Gasteiger partial charge in [-0.05, 0) is 76.7 Å². The molecule has 3 aliphatic rings. The van der Waals surface area contributed by atoms with Crippen LogP contribution in [0.5, 0.6) is 11.5 Å². The first-order valence-electron chi connectivity index (χ1n) is 16.0. The van der Waals surface area contributed by atoms with Crippen LogP contribution in [-0.2, 0) is 25.2 Å². The van der Waals surface area contributed by atoms with Gasteiger partial charge in [0.15, 0.2) is 5.78 Å². The first-order chi connectivity index (χ1) is 23.4. The highest BCUT2D eigenvalue weighted by molar-refractivity contribution is 6.39. The zero-order valence-corrected chi connectivity index (χ0v) is 26.8. The molecule has 4 atom stereocenters. The largest absolute Gasteiger partial charge is 0.497 e. The summed E-state index contributed by atoms with van der Waals surface area (Å²) in [6.45, 7) is 1.96. The van der Waals surface area contributed by atoms with E-state index in [9.17, 15) is 0 Å². The van der Waals surface area contributed by atoms with E-state index in [-0.39, 0.29) is 17.6 Å². The smallest absolute Gasteiger partial charge is 0.239 e. The summed E-state index contributed by atoms with van der Waals surface area (Å²) in [5.74, 6) is -1.54. The topological polar surface area (TPSA) is 72.9 Å². The Morgan fingerprint density at radius 3 is 1.29 bits per heavy atom. The lowest BCUT2D eigenvalue weighted by Gasteiger charge is -2.39. The van der Waals surface area contributed by atoms with Gasteiger partial charge in [0.25, 0.3) is 0 Å². The Kier molecular flexibility index (Phi) is 6.74. The second kappa shape index (κ2) is 10.9. The fourth-order valence-electron chi connectivity index (χ4n) is 8.59. The molecule has 0 radical (unpaired) electrons. The lowest BCUT2D eigenvalue weighted by Crippen LogP contribution is -2.45. The third-order valence-electron chi connectivity index (χ3n) is 10.5. The molecule has 5 aromatic rings. The zero-order valence-electron chi connectivity index (χ0n) is 26.8. The maximum atomic E-state index is 16.0. The lowest BCUT2D eigenvalue weighted by atomic mass is 9.59. The van der Waals surface area contributed by atoms with Crippen molar-refractivity contribution in [2.24, 2.45) is 11.8 Å². The number of nitrogens with zero attached hydrogens (tertiary/aromatic N) is 1. The second-order valence-electron chi connectivity index (χ2n) is 12.7. The number of hydrogen-bond donors (Lipinski definition) is 0. The van der Waals surface area contributed by atoms with E-state index in [1.165, 1.54) is 4.90 Å². The van der Waals surface area contributed by atoms with E-state index in [1.54, 1.807) is 14.2 Å². The minimum Gasteiger partial charge on any atom is -0.497 e. The third-order valence-corrected chi connectivity index (χ3v) is 10.5. The maximum Gasteiger partial charge on any atom is 0.239 e. The van der Waals surface area contributed by atoms with Gasteiger partial charge in [0.1, 0.15) is 11.5 Å². The van der Waals surface area contributed by atoms with Crippen molar-refractivity contribution >= 4 is 34.4 Å². The van der Waals surface area contributed by atoms with Crippen LogP contribution in [0.2, 0.25) is 0 Å². The summed E-state index contributed by atoms with van der Waals surface area (Å²) >= 11 is 0. The SMILES string of the molecule is COc1ccc(C2=C(c3ccc(OC)cc3)[C@@]3(c4ccccc4)C(=O)[C@@]2(c2ccccc2)[C@H]2C(=O)N(c4ccc(C)cc4)C(=O)[C@@H]23)cc1. The molecule has 0 N–H and O–H groups in total. The van der Waals surface area contributed by atoms with E-state index in [1.807, 2.05) is 140 Å². The van der Waals surface area contributed by atoms with Gasteiger partial charge in [0.05, 0.1) is 42.6 Å². The molecule has 236 valence electrons. The number of allylic oxidation sites excluding steroid dienone is 2. The molecule has 6 heteroatoms. The number of aryl methyl sites for hydroxylation is 1. The van der Waals surface area contributed by atoms with Crippen molar-refractivity contribution in [1.29, 1.82) is 0 Å². The third kappa shape index (κ3) is 3.77. The van der Waals surface area contributed by atoms with Gasteiger partial charge in [-0.1, -0.05) is 103 Å². The summed E-state index contributed by atoms with van der Waals surface area (Å²) in [5.41, 5.74) is 2.95. The van der Waals surface area contributed by atoms with Crippen molar-refractivity contribution in [3.8, 4) is 11.5 Å². The van der Waals surface area contributed by atoms with Gasteiger partial charge < -0.3 is 9.47 Å². The molecule has 1 saturated carbocycles. The molecule has 0 aromatic heterocycles. The van der Waals surface area contributed by atoms with Crippen molar-refractivity contribution in [3.05, 3.63) is 161 Å². The molecular formula is C42H33NO5. The van der Waals surface area contributed by atoms with Crippen molar-refractivity contribution in [1.82, 2.24) is 0 Å². The van der Waals surface area contributed by atoms with Gasteiger partial charge in [-0.3, -0.25) is 14.4 Å². The van der Waals surface area contributed by atoms with Gasteiger partial charge >= 0.3 is 0 Å². The zero-order chi connectivity index (χ0) is 33.2. The van der Waals surface area contributed by atoms with Crippen molar-refractivity contribution < 1.29 is 23.9 Å². The fourth-order valence-corrected chi connectivity index (χ4v) is 8.59. The number of Topliss-reactive ketones (excluding diaryl/α,β-unsaturated/α-hetero) is 1. The molecular weight excluding hydrogens is 598 g/mol. The average molecular weight is 632 g/mol. The number of rotatable bonds is 7. The summed E-state index contributed by atoms with van der Waals surface area (Å²) in [4.78, 5) is 47.5. The molecule has 6 nitrogen and oxygen atoms in total. The molecule has 8 rings (SSSR count). The quantitative estimate of drug-likeness (QED) is 0.178. The molecule has 1 saturated heterocycles. The number of hydrogen-bond acceptors (Lipinski definition) is 5. The number of benzene rings is 5. The van der Waals surface area contributed by atoms with Crippen LogP contribution >= 0.6 is 0 Å². The number of ketones is 1. The van der Waals surface area contributed by atoms with E-state index in [2.05, 4.69) is 0 Å². The Morgan fingerprint density at radius 2 is 0.917 bits per heavy atom. The van der Waals surface area contributed by atoms with Crippen LogP contribution in [0.4, 0.5) is 5.69 Å². The van der Waals surface area contributed by atoms with Crippen LogP contribution in [0.3, 0.4) is 0 Å². The number of imide groups is 1. The Balaban J connectivity index is 1.54. The molecule has 0 unspecified atom stereocenters. The molecule has 1 heterocycles. The van der Waals surface area contributed by atoms with E-state index < -0.39 is 22.7 Å². The number of carbonyl (C=O) groups excluding carboxylic acids is 3. The second-order valence-corrected chi connectivity index (χ2v) is 12.7. The van der Waals surface area contributed by atoms with Gasteiger partial charge in [-0.15, -0.1) is 0 Å². The summed E-state index contributed by atoms with van der Waals surface area (Å²) in [6, 6.07) is 41.7. The minimum atomic E-state index is -1.47. The predicted octanol–water partition coefficient (Wildman–Crippen LogP) is 7.20. The van der Waals surface area contributed by atoms with Crippen LogP contribution in [0.25, 0.3) is 11.1 Å². The Bertz CT molecular complexity index is 1970. The van der Waals surface area contributed by atoms with Gasteiger partial charge in [0.2, 0.25) is 11.8 Å². The van der Waals surface area contributed by atoms with Crippen LogP contribution < -0.4 is 14.4 Å². The molecule has 2 amide bonds. The molecule has 2 bridgehead atoms. The van der Waals surface area contributed by atoms with Crippen LogP contribution in [0.15, 0.2) is 133 Å². The summed E-state index contributed by atoms with van der Waals surface area (Å²) in [5, 5.41) is 0. The fraction of sp³-hybridized carbons (Fsp3) is 0.167. The van der Waals surface area contributed by atoms with Gasteiger partial charge in [-0.25, -0.2) is 4.90 Å². The first kappa shape index (κ1) is 29.6. The lowest BCUT2D eigenvalue weighted by molar-refractivity contribution is -0.130. The van der Waals surface area contributed by atoms with Crippen LogP contribution in [-0.4, -0.2) is 31.8 Å². The summed E-state index contributed by atoms with van der Waals surface area (Å²) < 4.78 is 11.0. The van der Waals surface area contributed by atoms with Crippen molar-refractivity contribution in [2.45, 2.75) is 17.8 Å². The highest BCUT2D eigenvalue weighted by Gasteiger charge is 2.82. The molecule has 2 aliphatic carbocycles. The molecule has 0 spiro atoms. The van der Waals surface area contributed by atoms with E-state index in [4.69, 9.17) is 9.47 Å². The number of anilines is 1. The monoisotopic (exact) mass is 631 g/mol. The summed E-state index contributed by atoms with van der Waals surface area (Å²) in [7, 11) is 3.22. The Hall–Kier alpha value is -5.75. The van der Waals surface area contributed by atoms with Crippen molar-refractivity contribution in [3.63, 3.8) is 0 Å².